The van der Waals surface area contributed by atoms with E-state index in [9.17, 15) is 9.59 Å². The number of carbonyl (C=O) groups excluding carboxylic acids is 2. The van der Waals surface area contributed by atoms with Gasteiger partial charge in [0.1, 0.15) is 11.2 Å². The summed E-state index contributed by atoms with van der Waals surface area (Å²) in [6, 6.07) is 21.0. The number of halogens is 1. The first-order chi connectivity index (χ1) is 15.6. The summed E-state index contributed by atoms with van der Waals surface area (Å²) in [5.74, 6) is -0.933. The first-order valence-electron chi connectivity index (χ1n) is 11.0. The van der Waals surface area contributed by atoms with E-state index >= 15 is 0 Å². The van der Waals surface area contributed by atoms with Crippen LogP contribution in [-0.4, -0.2) is 34.2 Å². The molecule has 2 saturated heterocycles. The van der Waals surface area contributed by atoms with Crippen LogP contribution in [0.1, 0.15) is 40.4 Å². The number of nitrogens with zero attached hydrogens (tertiary/aromatic N) is 2. The van der Waals surface area contributed by atoms with Crippen molar-refractivity contribution in [2.45, 2.75) is 30.3 Å². The molecule has 1 spiro atoms. The van der Waals surface area contributed by atoms with Gasteiger partial charge in [0.2, 0.25) is 5.91 Å². The Bertz CT molecular complexity index is 1210. The SMILES string of the molecule is O=C(c1ccccn1)[C@@H]1[C@@H](c2ccc(Cl)cc2)[C@@H]2CCCN2[C@@]12C(=O)Nc1ccccc12. The van der Waals surface area contributed by atoms with Gasteiger partial charge in [-0.05, 0) is 55.3 Å². The van der Waals surface area contributed by atoms with Crippen molar-refractivity contribution in [1.82, 2.24) is 9.88 Å². The number of Topliss-reactive ketones (excluding diaryl/α,β-unsaturated/α-hetero) is 1. The molecular formula is C26H22ClN3O2. The minimum atomic E-state index is -1.04. The second-order valence-electron chi connectivity index (χ2n) is 8.80. The van der Waals surface area contributed by atoms with Crippen LogP contribution in [0.5, 0.6) is 0 Å². The van der Waals surface area contributed by atoms with E-state index in [-0.39, 0.29) is 23.7 Å². The maximum absolute atomic E-state index is 14.2. The normalized spacial score (nSPS) is 28.5. The molecule has 3 aromatic rings. The summed E-state index contributed by atoms with van der Waals surface area (Å²) in [4.78, 5) is 34.6. The maximum atomic E-state index is 14.2. The first kappa shape index (κ1) is 19.6. The number of para-hydroxylation sites is 1. The summed E-state index contributed by atoms with van der Waals surface area (Å²) >= 11 is 6.18. The summed E-state index contributed by atoms with van der Waals surface area (Å²) in [6.45, 7) is 0.780. The summed E-state index contributed by atoms with van der Waals surface area (Å²) in [7, 11) is 0. The fraction of sp³-hybridized carbons (Fsp3) is 0.269. The van der Waals surface area contributed by atoms with Crippen molar-refractivity contribution in [3.63, 3.8) is 0 Å². The molecule has 160 valence electrons. The van der Waals surface area contributed by atoms with Crippen LogP contribution in [0.25, 0.3) is 0 Å². The summed E-state index contributed by atoms with van der Waals surface area (Å²) in [5, 5.41) is 3.74. The van der Waals surface area contributed by atoms with E-state index < -0.39 is 11.5 Å². The van der Waals surface area contributed by atoms with Crippen LogP contribution in [0.3, 0.4) is 0 Å². The van der Waals surface area contributed by atoms with Crippen LogP contribution in [0.15, 0.2) is 72.9 Å². The average molecular weight is 444 g/mol. The van der Waals surface area contributed by atoms with Crippen molar-refractivity contribution < 1.29 is 9.59 Å². The van der Waals surface area contributed by atoms with Crippen molar-refractivity contribution in [1.29, 1.82) is 0 Å². The molecule has 1 aromatic heterocycles. The highest BCUT2D eigenvalue weighted by molar-refractivity contribution is 6.30. The molecule has 5 nitrogen and oxygen atoms in total. The van der Waals surface area contributed by atoms with Crippen LogP contribution in [-0.2, 0) is 10.3 Å². The molecule has 0 unspecified atom stereocenters. The van der Waals surface area contributed by atoms with Crippen LogP contribution in [0.2, 0.25) is 5.02 Å². The molecular weight excluding hydrogens is 422 g/mol. The molecule has 6 heteroatoms. The molecule has 1 amide bonds. The van der Waals surface area contributed by atoms with Crippen LogP contribution >= 0.6 is 11.6 Å². The molecule has 0 aliphatic carbocycles. The van der Waals surface area contributed by atoms with Gasteiger partial charge in [0, 0.05) is 34.4 Å². The molecule has 3 aliphatic heterocycles. The van der Waals surface area contributed by atoms with Gasteiger partial charge in [-0.2, -0.15) is 0 Å². The molecule has 0 saturated carbocycles. The van der Waals surface area contributed by atoms with Crippen molar-refractivity contribution >= 4 is 29.0 Å². The van der Waals surface area contributed by atoms with Gasteiger partial charge in [-0.1, -0.05) is 48.0 Å². The zero-order chi connectivity index (χ0) is 21.9. The van der Waals surface area contributed by atoms with Crippen molar-refractivity contribution in [3.8, 4) is 0 Å². The zero-order valence-corrected chi connectivity index (χ0v) is 18.1. The standard InChI is InChI=1S/C26H22ClN3O2/c27-17-12-10-16(11-13-17)22-21-9-5-15-30(21)26(18-6-1-2-7-19(18)29-25(26)32)23(22)24(31)20-8-3-4-14-28-20/h1-4,6-8,10-14,21-23H,5,9,15H2,(H,29,32)/t21-,22-,23-,26+/m0/s1. The fourth-order valence-electron chi connectivity index (χ4n) is 6.24. The Labute approximate surface area is 191 Å². The fourth-order valence-corrected chi connectivity index (χ4v) is 6.37. The molecule has 0 bridgehead atoms. The molecule has 3 aliphatic rings. The quantitative estimate of drug-likeness (QED) is 0.599. The molecule has 1 N–H and O–H groups in total. The van der Waals surface area contributed by atoms with Crippen molar-refractivity contribution in [2.24, 2.45) is 5.92 Å². The topological polar surface area (TPSA) is 62.3 Å². The van der Waals surface area contributed by atoms with Crippen LogP contribution < -0.4 is 5.32 Å². The molecule has 2 fully saturated rings. The van der Waals surface area contributed by atoms with E-state index in [1.165, 1.54) is 0 Å². The minimum absolute atomic E-state index is 0.0887. The van der Waals surface area contributed by atoms with E-state index in [2.05, 4.69) is 15.2 Å². The Morgan fingerprint density at radius 2 is 1.84 bits per heavy atom. The third kappa shape index (κ3) is 2.58. The van der Waals surface area contributed by atoms with Gasteiger partial charge in [-0.15, -0.1) is 0 Å². The van der Waals surface area contributed by atoms with Crippen molar-refractivity contribution in [3.05, 3.63) is 94.8 Å². The van der Waals surface area contributed by atoms with E-state index in [0.717, 1.165) is 36.2 Å². The van der Waals surface area contributed by atoms with Gasteiger partial charge in [-0.25, -0.2) is 0 Å². The van der Waals surface area contributed by atoms with Gasteiger partial charge in [0.05, 0.1) is 5.92 Å². The van der Waals surface area contributed by atoms with Gasteiger partial charge in [0.15, 0.2) is 5.78 Å². The number of nitrogens with one attached hydrogen (secondary N) is 1. The molecule has 0 radical (unpaired) electrons. The maximum Gasteiger partial charge on any atom is 0.250 e. The zero-order valence-electron chi connectivity index (χ0n) is 17.4. The number of anilines is 1. The highest BCUT2D eigenvalue weighted by Crippen LogP contribution is 2.61. The molecule has 32 heavy (non-hydrogen) atoms. The van der Waals surface area contributed by atoms with Gasteiger partial charge in [-0.3, -0.25) is 19.5 Å². The Balaban J connectivity index is 1.62. The number of hydrogen-bond donors (Lipinski definition) is 1. The smallest absolute Gasteiger partial charge is 0.250 e. The number of amides is 1. The molecule has 4 atom stereocenters. The first-order valence-corrected chi connectivity index (χ1v) is 11.4. The van der Waals surface area contributed by atoms with Crippen LogP contribution in [0, 0.1) is 5.92 Å². The molecule has 6 rings (SSSR count). The summed E-state index contributed by atoms with van der Waals surface area (Å²) in [5.41, 5.74) is 2.07. The molecule has 4 heterocycles. The van der Waals surface area contributed by atoms with E-state index in [4.69, 9.17) is 11.6 Å². The second kappa shape index (κ2) is 7.26. The number of ketones is 1. The Morgan fingerprint density at radius 3 is 2.62 bits per heavy atom. The lowest BCUT2D eigenvalue weighted by molar-refractivity contribution is -0.127. The minimum Gasteiger partial charge on any atom is -0.324 e. The number of pyridine rings is 1. The lowest BCUT2D eigenvalue weighted by Gasteiger charge is -2.36. The lowest BCUT2D eigenvalue weighted by Crippen LogP contribution is -2.53. The average Bonchev–Trinajstić information content (AvgIpc) is 3.48. The number of benzene rings is 2. The summed E-state index contributed by atoms with van der Waals surface area (Å²) in [6.07, 6.45) is 3.57. The van der Waals surface area contributed by atoms with Gasteiger partial charge >= 0.3 is 0 Å². The van der Waals surface area contributed by atoms with Gasteiger partial charge < -0.3 is 5.32 Å². The monoisotopic (exact) mass is 443 g/mol. The number of hydrogen-bond acceptors (Lipinski definition) is 4. The van der Waals surface area contributed by atoms with E-state index in [1.54, 1.807) is 18.3 Å². The van der Waals surface area contributed by atoms with E-state index in [1.807, 2.05) is 54.6 Å². The predicted molar refractivity (Wildman–Crippen MR) is 123 cm³/mol. The van der Waals surface area contributed by atoms with Crippen LogP contribution in [0.4, 0.5) is 5.69 Å². The lowest BCUT2D eigenvalue weighted by atomic mass is 9.69. The predicted octanol–water partition coefficient (Wildman–Crippen LogP) is 4.64. The van der Waals surface area contributed by atoms with Crippen molar-refractivity contribution in [2.75, 3.05) is 11.9 Å². The third-order valence-corrected chi connectivity index (χ3v) is 7.61. The molecule has 2 aromatic carbocycles. The number of fused-ring (bicyclic) bond motifs is 4. The highest BCUT2D eigenvalue weighted by atomic mass is 35.5. The van der Waals surface area contributed by atoms with E-state index in [0.29, 0.717) is 10.7 Å². The number of carbonyl (C=O) groups is 2. The number of rotatable bonds is 3. The summed E-state index contributed by atoms with van der Waals surface area (Å²) < 4.78 is 0. The Morgan fingerprint density at radius 1 is 1.06 bits per heavy atom. The second-order valence-corrected chi connectivity index (χ2v) is 9.24. The Kier molecular flexibility index (Phi) is 4.46. The third-order valence-electron chi connectivity index (χ3n) is 7.36. The highest BCUT2D eigenvalue weighted by Gasteiger charge is 2.69. The Hall–Kier alpha value is -3.02. The van der Waals surface area contributed by atoms with Gasteiger partial charge in [0.25, 0.3) is 0 Å². The largest absolute Gasteiger partial charge is 0.324 e. The number of aromatic nitrogens is 1.